The second kappa shape index (κ2) is 11.5. The summed E-state index contributed by atoms with van der Waals surface area (Å²) in [5.74, 6) is 1.01. The van der Waals surface area contributed by atoms with E-state index in [-0.39, 0.29) is 0 Å². The van der Waals surface area contributed by atoms with Crippen LogP contribution < -0.4 is 0 Å². The largest absolute Gasteiger partial charge is 0.326 e. The molecule has 0 aromatic rings. The number of unbranched alkanes of at least 4 members (excludes halogenated alkanes) is 4. The molecule has 0 aromatic heterocycles. The fourth-order valence-electron chi connectivity index (χ4n) is 4.62. The Kier molecular flexibility index (Phi) is 10.5. The summed E-state index contributed by atoms with van der Waals surface area (Å²) >= 11 is 0. The maximum atomic E-state index is 2.51. The SMILES string of the molecule is CCCC[N+](C)(CCCC)CCCCC1CC[N+](C)(CCCC)C1. The molecule has 0 amide bonds. The lowest BCUT2D eigenvalue weighted by Crippen LogP contribution is -2.46. The Morgan fingerprint density at radius 1 is 0.833 bits per heavy atom. The summed E-state index contributed by atoms with van der Waals surface area (Å²) in [7, 11) is 5.01. The number of likely N-dealkylation sites (tertiary alicyclic amines) is 1. The van der Waals surface area contributed by atoms with Crippen LogP contribution in [0.25, 0.3) is 0 Å². The normalized spacial score (nSPS) is 24.6. The molecular weight excluding hydrogens is 292 g/mol. The monoisotopic (exact) mass is 340 g/mol. The van der Waals surface area contributed by atoms with Gasteiger partial charge < -0.3 is 8.97 Å². The second-order valence-electron chi connectivity index (χ2n) is 9.25. The van der Waals surface area contributed by atoms with Crippen LogP contribution in [0, 0.1) is 5.92 Å². The number of quaternary nitrogens is 2. The van der Waals surface area contributed by atoms with Crippen LogP contribution in [0.5, 0.6) is 0 Å². The van der Waals surface area contributed by atoms with Crippen LogP contribution in [0.15, 0.2) is 0 Å². The lowest BCUT2D eigenvalue weighted by molar-refractivity contribution is -0.910. The van der Waals surface area contributed by atoms with Gasteiger partial charge in [0, 0.05) is 12.3 Å². The average Bonchev–Trinajstić information content (AvgIpc) is 2.95. The van der Waals surface area contributed by atoms with Gasteiger partial charge in [0.2, 0.25) is 0 Å². The first-order valence-electron chi connectivity index (χ1n) is 11.1. The molecule has 2 nitrogen and oxygen atoms in total. The van der Waals surface area contributed by atoms with Gasteiger partial charge in [-0.2, -0.15) is 0 Å². The molecule has 1 saturated heterocycles. The second-order valence-corrected chi connectivity index (χ2v) is 9.25. The van der Waals surface area contributed by atoms with E-state index in [0.29, 0.717) is 0 Å². The van der Waals surface area contributed by atoms with Gasteiger partial charge in [-0.1, -0.05) is 40.0 Å². The maximum Gasteiger partial charge on any atom is 0.0815 e. The summed E-state index contributed by atoms with van der Waals surface area (Å²) < 4.78 is 2.69. The molecule has 0 aromatic carbocycles. The predicted octanol–water partition coefficient (Wildman–Crippen LogP) is 5.47. The Bertz CT molecular complexity index is 307. The van der Waals surface area contributed by atoms with E-state index in [4.69, 9.17) is 0 Å². The molecule has 0 N–H and O–H groups in total. The summed E-state index contributed by atoms with van der Waals surface area (Å²) in [4.78, 5) is 0. The molecule has 2 heteroatoms. The molecule has 0 saturated carbocycles. The van der Waals surface area contributed by atoms with Gasteiger partial charge in [0.15, 0.2) is 0 Å². The van der Waals surface area contributed by atoms with Crippen molar-refractivity contribution in [2.24, 2.45) is 5.92 Å². The molecule has 1 heterocycles. The predicted molar refractivity (Wildman–Crippen MR) is 108 cm³/mol. The van der Waals surface area contributed by atoms with Crippen LogP contribution >= 0.6 is 0 Å². The molecule has 0 bridgehead atoms. The fraction of sp³-hybridized carbons (Fsp3) is 1.00. The average molecular weight is 341 g/mol. The minimum atomic E-state index is 1.01. The van der Waals surface area contributed by atoms with Crippen LogP contribution in [-0.2, 0) is 0 Å². The highest BCUT2D eigenvalue weighted by molar-refractivity contribution is 4.66. The van der Waals surface area contributed by atoms with Crippen molar-refractivity contribution in [3.8, 4) is 0 Å². The van der Waals surface area contributed by atoms with Crippen molar-refractivity contribution in [1.82, 2.24) is 0 Å². The van der Waals surface area contributed by atoms with E-state index in [9.17, 15) is 0 Å². The van der Waals surface area contributed by atoms with E-state index in [1.54, 1.807) is 0 Å². The zero-order valence-corrected chi connectivity index (χ0v) is 17.8. The van der Waals surface area contributed by atoms with Gasteiger partial charge in [0.05, 0.1) is 53.4 Å². The van der Waals surface area contributed by atoms with Crippen molar-refractivity contribution >= 4 is 0 Å². The molecule has 2 unspecified atom stereocenters. The lowest BCUT2D eigenvalue weighted by atomic mass is 10.0. The van der Waals surface area contributed by atoms with Crippen molar-refractivity contribution in [2.45, 2.75) is 85.0 Å². The molecule has 1 rings (SSSR count). The molecule has 1 aliphatic rings. The molecule has 0 aliphatic carbocycles. The Morgan fingerprint density at radius 2 is 1.42 bits per heavy atom. The van der Waals surface area contributed by atoms with Crippen molar-refractivity contribution in [1.29, 1.82) is 0 Å². The van der Waals surface area contributed by atoms with Gasteiger partial charge >= 0.3 is 0 Å². The van der Waals surface area contributed by atoms with Gasteiger partial charge in [-0.05, 0) is 38.5 Å². The van der Waals surface area contributed by atoms with E-state index >= 15 is 0 Å². The van der Waals surface area contributed by atoms with Gasteiger partial charge in [-0.3, -0.25) is 0 Å². The van der Waals surface area contributed by atoms with Crippen molar-refractivity contribution in [3.05, 3.63) is 0 Å². The van der Waals surface area contributed by atoms with E-state index < -0.39 is 0 Å². The molecular formula is C22H48N2+2. The first-order valence-corrected chi connectivity index (χ1v) is 11.1. The van der Waals surface area contributed by atoms with Crippen LogP contribution in [0.3, 0.4) is 0 Å². The third-order valence-corrected chi connectivity index (χ3v) is 6.49. The smallest absolute Gasteiger partial charge is 0.0815 e. The highest BCUT2D eigenvalue weighted by Crippen LogP contribution is 2.27. The van der Waals surface area contributed by atoms with Crippen molar-refractivity contribution < 1.29 is 8.97 Å². The number of hydrogen-bond acceptors (Lipinski definition) is 0. The van der Waals surface area contributed by atoms with Gasteiger partial charge in [-0.15, -0.1) is 0 Å². The standard InChI is InChI=1S/C22H48N2/c1-6-9-16-23(4,17-10-7-2)19-13-12-14-22-15-20-24(5,21-22)18-11-8-3/h22H,6-21H2,1-5H3/q+2. The minimum absolute atomic E-state index is 1.01. The van der Waals surface area contributed by atoms with Crippen molar-refractivity contribution in [2.75, 3.05) is 53.4 Å². The molecule has 2 atom stereocenters. The molecule has 24 heavy (non-hydrogen) atoms. The highest BCUT2D eigenvalue weighted by Gasteiger charge is 2.33. The zero-order valence-electron chi connectivity index (χ0n) is 17.8. The van der Waals surface area contributed by atoms with Crippen LogP contribution in [-0.4, -0.2) is 62.3 Å². The highest BCUT2D eigenvalue weighted by atomic mass is 15.3. The van der Waals surface area contributed by atoms with Gasteiger partial charge in [0.25, 0.3) is 0 Å². The Labute approximate surface area is 153 Å². The summed E-state index contributed by atoms with van der Waals surface area (Å²) in [5, 5.41) is 0. The first kappa shape index (κ1) is 22.0. The van der Waals surface area contributed by atoms with Crippen LogP contribution in [0.1, 0.15) is 85.0 Å². The quantitative estimate of drug-likeness (QED) is 0.290. The first-order chi connectivity index (χ1) is 11.5. The molecule has 1 aliphatic heterocycles. The minimum Gasteiger partial charge on any atom is -0.326 e. The Morgan fingerprint density at radius 3 is 2.00 bits per heavy atom. The van der Waals surface area contributed by atoms with Crippen LogP contribution in [0.2, 0.25) is 0 Å². The van der Waals surface area contributed by atoms with Crippen molar-refractivity contribution in [3.63, 3.8) is 0 Å². The topological polar surface area (TPSA) is 0 Å². The van der Waals surface area contributed by atoms with Gasteiger partial charge in [0.1, 0.15) is 0 Å². The van der Waals surface area contributed by atoms with Crippen LogP contribution in [0.4, 0.5) is 0 Å². The third kappa shape index (κ3) is 8.34. The Hall–Kier alpha value is -0.0800. The summed E-state index contributed by atoms with van der Waals surface area (Å²) in [6.07, 6.45) is 14.1. The number of hydrogen-bond donors (Lipinski definition) is 0. The van der Waals surface area contributed by atoms with E-state index in [2.05, 4.69) is 34.9 Å². The van der Waals surface area contributed by atoms with E-state index in [1.165, 1.54) is 112 Å². The van der Waals surface area contributed by atoms with E-state index in [1.807, 2.05) is 0 Å². The number of rotatable bonds is 14. The molecule has 0 radical (unpaired) electrons. The lowest BCUT2D eigenvalue weighted by Gasteiger charge is -2.35. The third-order valence-electron chi connectivity index (χ3n) is 6.49. The zero-order chi connectivity index (χ0) is 17.9. The molecule has 144 valence electrons. The van der Waals surface area contributed by atoms with E-state index in [0.717, 1.165) is 5.92 Å². The van der Waals surface area contributed by atoms with Gasteiger partial charge in [-0.25, -0.2) is 0 Å². The fourth-order valence-corrected chi connectivity index (χ4v) is 4.62. The summed E-state index contributed by atoms with van der Waals surface area (Å²) in [6.45, 7) is 15.5. The number of nitrogens with zero attached hydrogens (tertiary/aromatic N) is 2. The summed E-state index contributed by atoms with van der Waals surface area (Å²) in [6, 6.07) is 0. The molecule has 0 spiro atoms. The molecule has 1 fully saturated rings. The Balaban J connectivity index is 2.25. The summed E-state index contributed by atoms with van der Waals surface area (Å²) in [5.41, 5.74) is 0. The maximum absolute atomic E-state index is 2.51.